The van der Waals surface area contributed by atoms with Crippen LogP contribution in [0.1, 0.15) is 29.5 Å². The lowest BCUT2D eigenvalue weighted by atomic mass is 9.99. The Morgan fingerprint density at radius 3 is 2.61 bits per heavy atom. The Hall–Kier alpha value is -2.04. The van der Waals surface area contributed by atoms with Gasteiger partial charge in [0.1, 0.15) is 0 Å². The SMILES string of the molecule is Cc1cc(N(Cc2cccc(CN3CC(C(=O)O)C3)c2)CC2CC2)ccc1Cl. The number of rotatable bonds is 8. The normalized spacial score (nSPS) is 17.4. The maximum absolute atomic E-state index is 11.0. The van der Waals surface area contributed by atoms with Gasteiger partial charge in [0.25, 0.3) is 0 Å². The first-order chi connectivity index (χ1) is 13.5. The quantitative estimate of drug-likeness (QED) is 0.706. The lowest BCUT2D eigenvalue weighted by Gasteiger charge is -2.36. The molecule has 28 heavy (non-hydrogen) atoms. The summed E-state index contributed by atoms with van der Waals surface area (Å²) in [4.78, 5) is 15.6. The lowest BCUT2D eigenvalue weighted by Crippen LogP contribution is -2.49. The smallest absolute Gasteiger partial charge is 0.309 e. The molecule has 0 aromatic heterocycles. The fourth-order valence-electron chi connectivity index (χ4n) is 3.86. The van der Waals surface area contributed by atoms with Crippen molar-refractivity contribution in [2.45, 2.75) is 32.9 Å². The number of benzene rings is 2. The van der Waals surface area contributed by atoms with Crippen molar-refractivity contribution in [2.24, 2.45) is 11.8 Å². The van der Waals surface area contributed by atoms with Crippen LogP contribution in [0.3, 0.4) is 0 Å². The van der Waals surface area contributed by atoms with Crippen LogP contribution in [0.15, 0.2) is 42.5 Å². The Labute approximate surface area is 171 Å². The third kappa shape index (κ3) is 4.68. The fourth-order valence-corrected chi connectivity index (χ4v) is 3.98. The van der Waals surface area contributed by atoms with Crippen molar-refractivity contribution in [2.75, 3.05) is 24.5 Å². The van der Waals surface area contributed by atoms with E-state index in [9.17, 15) is 4.79 Å². The number of carboxylic acid groups (broad SMARTS) is 1. The largest absolute Gasteiger partial charge is 0.481 e. The Kier molecular flexibility index (Phi) is 5.61. The number of likely N-dealkylation sites (tertiary alicyclic amines) is 1. The van der Waals surface area contributed by atoms with E-state index in [-0.39, 0.29) is 5.92 Å². The number of nitrogens with zero attached hydrogens (tertiary/aromatic N) is 2. The molecule has 1 aliphatic carbocycles. The van der Waals surface area contributed by atoms with Crippen LogP contribution in [0.2, 0.25) is 5.02 Å². The molecule has 1 aliphatic heterocycles. The molecule has 148 valence electrons. The summed E-state index contributed by atoms with van der Waals surface area (Å²) in [5.41, 5.74) is 4.88. The van der Waals surface area contributed by atoms with E-state index in [1.54, 1.807) is 0 Å². The van der Waals surface area contributed by atoms with Crippen LogP contribution >= 0.6 is 11.6 Å². The van der Waals surface area contributed by atoms with Crippen molar-refractivity contribution in [3.8, 4) is 0 Å². The van der Waals surface area contributed by atoms with Gasteiger partial charge >= 0.3 is 5.97 Å². The van der Waals surface area contributed by atoms with Gasteiger partial charge in [-0.25, -0.2) is 0 Å². The molecule has 4 nitrogen and oxygen atoms in total. The van der Waals surface area contributed by atoms with Gasteiger partial charge in [0.2, 0.25) is 0 Å². The summed E-state index contributed by atoms with van der Waals surface area (Å²) in [7, 11) is 0. The number of hydrogen-bond acceptors (Lipinski definition) is 3. The van der Waals surface area contributed by atoms with E-state index in [2.05, 4.69) is 53.1 Å². The highest BCUT2D eigenvalue weighted by molar-refractivity contribution is 6.31. The number of aryl methyl sites for hydroxylation is 1. The molecule has 0 unspecified atom stereocenters. The van der Waals surface area contributed by atoms with Crippen LogP contribution in [-0.4, -0.2) is 35.6 Å². The molecule has 0 bridgehead atoms. The molecule has 5 heteroatoms. The maximum Gasteiger partial charge on any atom is 0.309 e. The number of carbonyl (C=O) groups is 1. The summed E-state index contributed by atoms with van der Waals surface area (Å²) < 4.78 is 0. The van der Waals surface area contributed by atoms with Crippen LogP contribution in [0, 0.1) is 18.8 Å². The highest BCUT2D eigenvalue weighted by atomic mass is 35.5. The van der Waals surface area contributed by atoms with Crippen LogP contribution < -0.4 is 4.90 Å². The Morgan fingerprint density at radius 1 is 1.18 bits per heavy atom. The molecule has 0 amide bonds. The van der Waals surface area contributed by atoms with Crippen molar-refractivity contribution >= 4 is 23.3 Å². The van der Waals surface area contributed by atoms with Gasteiger partial charge < -0.3 is 10.0 Å². The standard InChI is InChI=1S/C23H27ClN2O2/c1-16-9-21(7-8-22(16)24)26(12-17-5-6-17)13-19-4-2-3-18(10-19)11-25-14-20(15-25)23(27)28/h2-4,7-10,17,20H,5-6,11-15H2,1H3,(H,27,28). The fraction of sp³-hybridized carbons (Fsp3) is 0.435. The first kappa shape index (κ1) is 19.3. The van der Waals surface area contributed by atoms with Gasteiger partial charge in [-0.3, -0.25) is 9.69 Å². The number of carboxylic acids is 1. The van der Waals surface area contributed by atoms with Crippen LogP contribution in [0.25, 0.3) is 0 Å². The molecule has 2 aliphatic rings. The summed E-state index contributed by atoms with van der Waals surface area (Å²) >= 11 is 6.22. The Bertz CT molecular complexity index is 859. The van der Waals surface area contributed by atoms with Crippen molar-refractivity contribution in [1.29, 1.82) is 0 Å². The van der Waals surface area contributed by atoms with E-state index in [1.165, 1.54) is 29.7 Å². The molecule has 1 N–H and O–H groups in total. The first-order valence-electron chi connectivity index (χ1n) is 10.0. The van der Waals surface area contributed by atoms with Crippen molar-refractivity contribution < 1.29 is 9.90 Å². The van der Waals surface area contributed by atoms with Gasteiger partial charge in [0, 0.05) is 43.4 Å². The van der Waals surface area contributed by atoms with Crippen molar-refractivity contribution in [3.05, 3.63) is 64.2 Å². The third-order valence-electron chi connectivity index (χ3n) is 5.76. The second-order valence-electron chi connectivity index (χ2n) is 8.31. The minimum atomic E-state index is -0.682. The van der Waals surface area contributed by atoms with Crippen LogP contribution in [0.5, 0.6) is 0 Å². The third-order valence-corrected chi connectivity index (χ3v) is 6.18. The minimum absolute atomic E-state index is 0.203. The van der Waals surface area contributed by atoms with Gasteiger partial charge in [-0.15, -0.1) is 0 Å². The van der Waals surface area contributed by atoms with Gasteiger partial charge in [0.05, 0.1) is 5.92 Å². The van der Waals surface area contributed by atoms with Crippen LogP contribution in [0.4, 0.5) is 5.69 Å². The average Bonchev–Trinajstić information content (AvgIpc) is 3.44. The molecule has 2 aromatic carbocycles. The van der Waals surface area contributed by atoms with E-state index < -0.39 is 5.97 Å². The minimum Gasteiger partial charge on any atom is -0.481 e. The molecule has 1 heterocycles. The number of aliphatic carboxylic acids is 1. The van der Waals surface area contributed by atoms with Gasteiger partial charge in [-0.1, -0.05) is 35.9 Å². The topological polar surface area (TPSA) is 43.8 Å². The second-order valence-corrected chi connectivity index (χ2v) is 8.71. The summed E-state index contributed by atoms with van der Waals surface area (Å²) in [6.07, 6.45) is 2.64. The Balaban J connectivity index is 1.44. The average molecular weight is 399 g/mol. The summed E-state index contributed by atoms with van der Waals surface area (Å²) in [5.74, 6) is -0.0856. The summed E-state index contributed by atoms with van der Waals surface area (Å²) in [5, 5.41) is 9.85. The zero-order valence-electron chi connectivity index (χ0n) is 16.3. The van der Waals surface area contributed by atoms with E-state index in [0.29, 0.717) is 13.1 Å². The van der Waals surface area contributed by atoms with Gasteiger partial charge in [-0.05, 0) is 60.6 Å². The molecule has 1 saturated heterocycles. The summed E-state index contributed by atoms with van der Waals surface area (Å²) in [6, 6.07) is 15.0. The number of halogens is 1. The predicted molar refractivity (Wildman–Crippen MR) is 113 cm³/mol. The molecule has 0 atom stereocenters. The van der Waals surface area contributed by atoms with E-state index in [4.69, 9.17) is 16.7 Å². The van der Waals surface area contributed by atoms with Crippen molar-refractivity contribution in [3.63, 3.8) is 0 Å². The number of anilines is 1. The zero-order valence-corrected chi connectivity index (χ0v) is 17.0. The molecular weight excluding hydrogens is 372 g/mol. The molecule has 0 radical (unpaired) electrons. The molecule has 4 rings (SSSR count). The Morgan fingerprint density at radius 2 is 1.93 bits per heavy atom. The molecule has 0 spiro atoms. The highest BCUT2D eigenvalue weighted by Gasteiger charge is 2.32. The van der Waals surface area contributed by atoms with E-state index >= 15 is 0 Å². The van der Waals surface area contributed by atoms with E-state index in [0.717, 1.165) is 36.1 Å². The van der Waals surface area contributed by atoms with Gasteiger partial charge in [-0.2, -0.15) is 0 Å². The highest BCUT2D eigenvalue weighted by Crippen LogP contribution is 2.33. The first-order valence-corrected chi connectivity index (χ1v) is 10.4. The molecule has 1 saturated carbocycles. The lowest BCUT2D eigenvalue weighted by molar-refractivity contribution is -0.147. The molecule has 2 fully saturated rings. The monoisotopic (exact) mass is 398 g/mol. The van der Waals surface area contributed by atoms with Crippen LogP contribution in [-0.2, 0) is 17.9 Å². The number of hydrogen-bond donors (Lipinski definition) is 1. The molecule has 2 aromatic rings. The van der Waals surface area contributed by atoms with Crippen molar-refractivity contribution in [1.82, 2.24) is 4.90 Å². The maximum atomic E-state index is 11.0. The second kappa shape index (κ2) is 8.14. The predicted octanol–water partition coefficient (Wildman–Crippen LogP) is 4.58. The summed E-state index contributed by atoms with van der Waals surface area (Å²) in [6.45, 7) is 6.13. The van der Waals surface area contributed by atoms with E-state index in [1.807, 2.05) is 6.07 Å². The zero-order chi connectivity index (χ0) is 19.7. The van der Waals surface area contributed by atoms with Gasteiger partial charge in [0.15, 0.2) is 0 Å². The molecular formula is C23H27ClN2O2.